The molecule has 1 saturated heterocycles. The molecule has 2 aromatic heterocycles. The van der Waals surface area contributed by atoms with Gasteiger partial charge in [0.15, 0.2) is 16.0 Å². The van der Waals surface area contributed by atoms with E-state index in [4.69, 9.17) is 24.8 Å². The van der Waals surface area contributed by atoms with Crippen molar-refractivity contribution in [3.8, 4) is 0 Å². The van der Waals surface area contributed by atoms with Gasteiger partial charge < -0.3 is 30.1 Å². The number of nitrogens with one attached hydrogen (secondary N) is 2. The van der Waals surface area contributed by atoms with Crippen molar-refractivity contribution in [1.82, 2.24) is 30.0 Å². The van der Waals surface area contributed by atoms with E-state index in [1.54, 1.807) is 0 Å². The van der Waals surface area contributed by atoms with Crippen molar-refractivity contribution in [2.75, 3.05) is 24.3 Å². The number of nitrogens with two attached hydrogens (primary N) is 1. The summed E-state index contributed by atoms with van der Waals surface area (Å²) >= 11 is 3.40. The van der Waals surface area contributed by atoms with Crippen molar-refractivity contribution >= 4 is 69.6 Å². The monoisotopic (exact) mass is 724 g/mol. The number of rotatable bonds is 11. The number of esters is 1. The number of hydrogen-bond donors (Lipinski definition) is 3. The van der Waals surface area contributed by atoms with Gasteiger partial charge in [0, 0.05) is 30.9 Å². The molecule has 2 fully saturated rings. The number of thiazole rings is 1. The smallest absolute Gasteiger partial charge is 0.431 e. The summed E-state index contributed by atoms with van der Waals surface area (Å²) < 4.78 is 17.2. The Morgan fingerprint density at radius 2 is 1.94 bits per heavy atom. The fourth-order valence-electron chi connectivity index (χ4n) is 5.14. The maximum atomic E-state index is 13.6. The fraction of sp³-hybridized carbons (Fsp3) is 0.519. The molecule has 4 N–H and O–H groups in total. The standard InChI is InChI=1S/C27H32N8O10S3/c1-12(44-27(41)45-14-7-5-4-6-8-14)43-24(40)18-13(10-48-26-31-20(37)21(38)32-34(26)2)9-46-23-17(22(39)35(18)23)30-19(36)16(33-42-3)15-11-47-25(28)29-15/h11-12,14,17,23H,4-10H2,1-3H3,(H2,28,29)(H,30,36)(H,32,38)/b33-16-/t12?,17-,23-/m1/s1. The van der Waals surface area contributed by atoms with Gasteiger partial charge in [-0.15, -0.1) is 23.1 Å². The number of carbonyl (C=O) groups is 4. The molecule has 1 aliphatic carbocycles. The van der Waals surface area contributed by atoms with Crippen LogP contribution in [0.2, 0.25) is 0 Å². The number of β-lactam (4-membered cyclic amide) rings is 1. The lowest BCUT2D eigenvalue weighted by Crippen LogP contribution is -2.71. The number of fused-ring (bicyclic) bond motifs is 1. The second-order valence-electron chi connectivity index (χ2n) is 10.7. The lowest BCUT2D eigenvalue weighted by atomic mass is 9.98. The average Bonchev–Trinajstić information content (AvgIpc) is 3.48. The van der Waals surface area contributed by atoms with Gasteiger partial charge in [-0.05, 0) is 31.3 Å². The predicted molar refractivity (Wildman–Crippen MR) is 173 cm³/mol. The van der Waals surface area contributed by atoms with Gasteiger partial charge in [-0.25, -0.2) is 14.6 Å². The van der Waals surface area contributed by atoms with Gasteiger partial charge in [-0.2, -0.15) is 4.98 Å². The molecule has 21 heteroatoms. The molecule has 3 atom stereocenters. The molecule has 2 amide bonds. The summed E-state index contributed by atoms with van der Waals surface area (Å²) in [5.41, 5.74) is 4.09. The lowest BCUT2D eigenvalue weighted by molar-refractivity contribution is -0.170. The Balaban J connectivity index is 1.34. The Labute approximate surface area is 284 Å². The fourth-order valence-corrected chi connectivity index (χ4v) is 8.09. The van der Waals surface area contributed by atoms with Crippen LogP contribution in [0.4, 0.5) is 9.93 Å². The first-order chi connectivity index (χ1) is 23.0. The van der Waals surface area contributed by atoms with Gasteiger partial charge in [-0.1, -0.05) is 23.3 Å². The maximum Gasteiger partial charge on any atom is 0.511 e. The Hall–Kier alpha value is -4.37. The van der Waals surface area contributed by atoms with Gasteiger partial charge in [0.1, 0.15) is 36.0 Å². The van der Waals surface area contributed by atoms with E-state index < -0.39 is 52.8 Å². The molecule has 1 unspecified atom stereocenters. The highest BCUT2D eigenvalue weighted by atomic mass is 32.2. The molecule has 0 aromatic carbocycles. The molecule has 4 heterocycles. The largest absolute Gasteiger partial charge is 0.511 e. The normalized spacial score (nSPS) is 20.4. The van der Waals surface area contributed by atoms with E-state index in [-0.39, 0.29) is 45.0 Å². The zero-order valence-electron chi connectivity index (χ0n) is 26.0. The molecule has 0 radical (unpaired) electrons. The maximum absolute atomic E-state index is 13.6. The van der Waals surface area contributed by atoms with Crippen LogP contribution < -0.4 is 22.2 Å². The van der Waals surface area contributed by atoms with Crippen LogP contribution in [0.5, 0.6) is 0 Å². The van der Waals surface area contributed by atoms with Crippen molar-refractivity contribution in [3.63, 3.8) is 0 Å². The molecule has 18 nitrogen and oxygen atoms in total. The van der Waals surface area contributed by atoms with Crippen molar-refractivity contribution in [3.05, 3.63) is 43.1 Å². The van der Waals surface area contributed by atoms with Crippen LogP contribution in [0.1, 0.15) is 44.7 Å². The average molecular weight is 725 g/mol. The number of ether oxygens (including phenoxy) is 3. The van der Waals surface area contributed by atoms with E-state index >= 15 is 0 Å². The quantitative estimate of drug-likeness (QED) is 0.0549. The second kappa shape index (κ2) is 15.2. The Morgan fingerprint density at radius 3 is 2.62 bits per heavy atom. The minimum absolute atomic E-state index is 0.0616. The minimum atomic E-state index is -1.37. The highest BCUT2D eigenvalue weighted by Crippen LogP contribution is 2.42. The highest BCUT2D eigenvalue weighted by molar-refractivity contribution is 8.01. The topological polar surface area (TPSA) is 239 Å². The second-order valence-corrected chi connectivity index (χ2v) is 13.7. The van der Waals surface area contributed by atoms with E-state index in [0.29, 0.717) is 5.57 Å². The number of aryl methyl sites for hydroxylation is 1. The van der Waals surface area contributed by atoms with Crippen molar-refractivity contribution in [1.29, 1.82) is 0 Å². The number of amides is 2. The summed E-state index contributed by atoms with van der Waals surface area (Å²) in [7, 11) is 2.74. The van der Waals surface area contributed by atoms with Crippen molar-refractivity contribution in [2.45, 2.75) is 68.0 Å². The van der Waals surface area contributed by atoms with E-state index in [9.17, 15) is 28.8 Å². The highest BCUT2D eigenvalue weighted by Gasteiger charge is 2.55. The van der Waals surface area contributed by atoms with Crippen LogP contribution in [0.25, 0.3) is 0 Å². The van der Waals surface area contributed by atoms with E-state index in [2.05, 4.69) is 25.5 Å². The summed E-state index contributed by atoms with van der Waals surface area (Å²) in [4.78, 5) is 90.0. The molecule has 2 aliphatic heterocycles. The number of hydrogen-bond acceptors (Lipinski definition) is 17. The first-order valence-corrected chi connectivity index (χ1v) is 17.6. The van der Waals surface area contributed by atoms with Crippen LogP contribution in [0, 0.1) is 0 Å². The molecule has 0 spiro atoms. The van der Waals surface area contributed by atoms with Crippen LogP contribution in [-0.2, 0) is 40.5 Å². The third-order valence-corrected chi connectivity index (χ3v) is 10.5. The van der Waals surface area contributed by atoms with E-state index in [1.165, 1.54) is 47.8 Å². The molecule has 2 aromatic rings. The summed E-state index contributed by atoms with van der Waals surface area (Å²) in [6.07, 6.45) is 1.75. The zero-order chi connectivity index (χ0) is 34.5. The van der Waals surface area contributed by atoms with Gasteiger partial charge in [-0.3, -0.25) is 33.9 Å². The third kappa shape index (κ3) is 7.84. The molecular weight excluding hydrogens is 693 g/mol. The molecule has 48 heavy (non-hydrogen) atoms. The number of oxime groups is 1. The number of nitrogen functional groups attached to an aromatic ring is 1. The summed E-state index contributed by atoms with van der Waals surface area (Å²) in [6, 6.07) is -1.06. The Kier molecular flexibility index (Phi) is 11.1. The van der Waals surface area contributed by atoms with Crippen LogP contribution in [-0.4, -0.2) is 96.7 Å². The number of thioether (sulfide) groups is 2. The van der Waals surface area contributed by atoms with Crippen LogP contribution in [0.15, 0.2) is 36.6 Å². The van der Waals surface area contributed by atoms with Gasteiger partial charge in [0.25, 0.3) is 11.8 Å². The molecule has 3 aliphatic rings. The summed E-state index contributed by atoms with van der Waals surface area (Å²) in [5.74, 6) is -2.07. The number of nitrogens with zero attached hydrogens (tertiary/aromatic N) is 5. The van der Waals surface area contributed by atoms with Gasteiger partial charge >= 0.3 is 23.2 Å². The zero-order valence-corrected chi connectivity index (χ0v) is 28.4. The first kappa shape index (κ1) is 35.0. The number of aromatic nitrogens is 4. The van der Waals surface area contributed by atoms with Crippen LogP contribution >= 0.6 is 34.9 Å². The van der Waals surface area contributed by atoms with E-state index in [1.807, 2.05) is 0 Å². The molecule has 258 valence electrons. The summed E-state index contributed by atoms with van der Waals surface area (Å²) in [6.45, 7) is 1.34. The number of anilines is 1. The Bertz CT molecular complexity index is 1770. The molecule has 1 saturated carbocycles. The molecular formula is C27H32N8O10S3. The molecule has 0 bridgehead atoms. The SMILES string of the molecule is CO/N=C(\C(=O)N[C@@H]1C(=O)N2C(C(=O)OC(C)OC(=O)OC3CCCCC3)=C(CSc3nc(=O)c(=O)[nH]n3C)CS[C@H]12)c1csc(N)n1. The van der Waals surface area contributed by atoms with E-state index in [0.717, 1.165) is 55.2 Å². The van der Waals surface area contributed by atoms with Gasteiger partial charge in [0.2, 0.25) is 6.29 Å². The van der Waals surface area contributed by atoms with Crippen molar-refractivity contribution < 1.29 is 38.2 Å². The predicted octanol–water partition coefficient (Wildman–Crippen LogP) is 0.679. The third-order valence-electron chi connectivity index (χ3n) is 7.36. The first-order valence-electron chi connectivity index (χ1n) is 14.6. The minimum Gasteiger partial charge on any atom is -0.431 e. The molecule has 5 rings (SSSR count). The Morgan fingerprint density at radius 1 is 1.19 bits per heavy atom. The van der Waals surface area contributed by atoms with Crippen LogP contribution in [0.3, 0.4) is 0 Å². The number of carbonyl (C=O) groups excluding carboxylic acids is 4. The lowest BCUT2D eigenvalue weighted by Gasteiger charge is -2.49. The van der Waals surface area contributed by atoms with Gasteiger partial charge in [0.05, 0.1) is 0 Å². The van der Waals surface area contributed by atoms with Crippen molar-refractivity contribution in [2.24, 2.45) is 12.2 Å². The number of H-pyrrole nitrogens is 1. The number of aromatic amines is 1. The summed E-state index contributed by atoms with van der Waals surface area (Å²) in [5, 5.41) is 9.87.